The Hall–Kier alpha value is -3.15. The van der Waals surface area contributed by atoms with Crippen LogP contribution < -0.4 is 4.90 Å². The molecule has 4 rings (SSSR count). The minimum absolute atomic E-state index is 0.0278. The minimum atomic E-state index is -0.944. The van der Waals surface area contributed by atoms with Gasteiger partial charge in [-0.3, -0.25) is 9.59 Å². The molecule has 26 heavy (non-hydrogen) atoms. The zero-order valence-electron chi connectivity index (χ0n) is 14.5. The van der Waals surface area contributed by atoms with Gasteiger partial charge < -0.3 is 14.4 Å². The highest BCUT2D eigenvalue weighted by Crippen LogP contribution is 2.31. The fraction of sp³-hybridized carbons (Fsp3) is 0.250. The first kappa shape index (κ1) is 16.3. The number of nitrogens with zero attached hydrogens (tertiary/aromatic N) is 2. The van der Waals surface area contributed by atoms with Gasteiger partial charge >= 0.3 is 5.97 Å². The Bertz CT molecular complexity index is 1040. The van der Waals surface area contributed by atoms with Crippen molar-refractivity contribution in [3.8, 4) is 11.5 Å². The molecule has 0 aliphatic carbocycles. The van der Waals surface area contributed by atoms with E-state index in [0.717, 1.165) is 11.1 Å². The number of amides is 1. The maximum absolute atomic E-state index is 12.1. The number of aromatic nitrogens is 1. The second-order valence-electron chi connectivity index (χ2n) is 6.73. The first-order valence-electron chi connectivity index (χ1n) is 8.44. The van der Waals surface area contributed by atoms with Gasteiger partial charge in [0.15, 0.2) is 5.58 Å². The Balaban J connectivity index is 1.70. The van der Waals surface area contributed by atoms with Gasteiger partial charge in [0, 0.05) is 24.2 Å². The van der Waals surface area contributed by atoms with Crippen LogP contribution in [0, 0.1) is 19.8 Å². The molecule has 0 radical (unpaired) electrons. The highest BCUT2D eigenvalue weighted by Gasteiger charge is 2.35. The molecule has 1 aromatic heterocycles. The number of carbonyl (C=O) groups excluding carboxylic acids is 1. The van der Waals surface area contributed by atoms with Crippen LogP contribution in [0.5, 0.6) is 0 Å². The molecule has 3 aromatic rings. The minimum Gasteiger partial charge on any atom is -0.481 e. The van der Waals surface area contributed by atoms with Crippen LogP contribution in [0.3, 0.4) is 0 Å². The van der Waals surface area contributed by atoms with Gasteiger partial charge in [-0.2, -0.15) is 0 Å². The predicted octanol–water partition coefficient (Wildman–Crippen LogP) is 3.55. The Morgan fingerprint density at radius 2 is 2.04 bits per heavy atom. The number of anilines is 1. The highest BCUT2D eigenvalue weighted by atomic mass is 16.4. The monoisotopic (exact) mass is 350 g/mol. The number of carboxylic acids is 1. The number of rotatable bonds is 3. The van der Waals surface area contributed by atoms with E-state index in [9.17, 15) is 9.59 Å². The summed E-state index contributed by atoms with van der Waals surface area (Å²) in [5.74, 6) is -1.26. The van der Waals surface area contributed by atoms with Gasteiger partial charge in [-0.05, 0) is 43.7 Å². The van der Waals surface area contributed by atoms with Gasteiger partial charge in [-0.15, -0.1) is 0 Å². The summed E-state index contributed by atoms with van der Waals surface area (Å²) >= 11 is 0. The summed E-state index contributed by atoms with van der Waals surface area (Å²) in [5, 5.41) is 9.14. The molecule has 1 N–H and O–H groups in total. The molecule has 1 atom stereocenters. The Morgan fingerprint density at radius 3 is 2.73 bits per heavy atom. The summed E-state index contributed by atoms with van der Waals surface area (Å²) < 4.78 is 5.87. The lowest BCUT2D eigenvalue weighted by Gasteiger charge is -2.15. The van der Waals surface area contributed by atoms with Crippen molar-refractivity contribution in [2.45, 2.75) is 20.3 Å². The topological polar surface area (TPSA) is 83.6 Å². The van der Waals surface area contributed by atoms with Gasteiger partial charge in [0.1, 0.15) is 5.52 Å². The van der Waals surface area contributed by atoms with E-state index in [1.165, 1.54) is 10.5 Å². The number of oxazole rings is 1. The second kappa shape index (κ2) is 5.98. The lowest BCUT2D eigenvalue weighted by atomic mass is 10.1. The number of carbonyl (C=O) groups is 2. The van der Waals surface area contributed by atoms with Crippen LogP contribution >= 0.6 is 0 Å². The molecule has 1 aliphatic rings. The quantitative estimate of drug-likeness (QED) is 0.781. The number of aliphatic carboxylic acids is 1. The average Bonchev–Trinajstić information content (AvgIpc) is 3.17. The van der Waals surface area contributed by atoms with E-state index in [4.69, 9.17) is 9.52 Å². The van der Waals surface area contributed by atoms with E-state index in [2.05, 4.69) is 11.1 Å². The second-order valence-corrected chi connectivity index (χ2v) is 6.73. The maximum Gasteiger partial charge on any atom is 0.308 e. The van der Waals surface area contributed by atoms with E-state index < -0.39 is 11.9 Å². The molecule has 0 unspecified atom stereocenters. The van der Waals surface area contributed by atoms with Crippen molar-refractivity contribution >= 4 is 28.7 Å². The first-order valence-corrected chi connectivity index (χ1v) is 8.44. The number of hydrogen-bond donors (Lipinski definition) is 1. The molecule has 2 heterocycles. The van der Waals surface area contributed by atoms with Crippen molar-refractivity contribution in [2.75, 3.05) is 11.4 Å². The Labute approximate surface area is 150 Å². The van der Waals surface area contributed by atoms with Gasteiger partial charge in [-0.25, -0.2) is 4.98 Å². The highest BCUT2D eigenvalue weighted by molar-refractivity contribution is 6.00. The first-order chi connectivity index (χ1) is 12.4. The normalized spacial score (nSPS) is 17.2. The number of carboxylic acid groups (broad SMARTS) is 1. The molecule has 1 saturated heterocycles. The summed E-state index contributed by atoms with van der Waals surface area (Å²) in [6.07, 6.45) is 0.0278. The van der Waals surface area contributed by atoms with Crippen LogP contribution in [-0.4, -0.2) is 28.5 Å². The Kier molecular flexibility index (Phi) is 3.76. The largest absolute Gasteiger partial charge is 0.481 e. The zero-order valence-corrected chi connectivity index (χ0v) is 14.5. The van der Waals surface area contributed by atoms with E-state index in [1.807, 2.05) is 26.0 Å². The summed E-state index contributed by atoms with van der Waals surface area (Å²) in [4.78, 5) is 29.4. The molecule has 1 amide bonds. The summed E-state index contributed by atoms with van der Waals surface area (Å²) in [7, 11) is 0. The third-order valence-corrected chi connectivity index (χ3v) is 4.77. The van der Waals surface area contributed by atoms with Crippen molar-refractivity contribution < 1.29 is 19.1 Å². The Morgan fingerprint density at radius 1 is 1.23 bits per heavy atom. The van der Waals surface area contributed by atoms with Crippen LogP contribution in [0.4, 0.5) is 5.69 Å². The van der Waals surface area contributed by atoms with Gasteiger partial charge in [0.2, 0.25) is 11.8 Å². The van der Waals surface area contributed by atoms with E-state index in [1.54, 1.807) is 18.2 Å². The predicted molar refractivity (Wildman–Crippen MR) is 97.0 cm³/mol. The number of fused-ring (bicyclic) bond motifs is 1. The fourth-order valence-corrected chi connectivity index (χ4v) is 3.38. The van der Waals surface area contributed by atoms with Crippen LogP contribution in [-0.2, 0) is 9.59 Å². The number of hydrogen-bond acceptors (Lipinski definition) is 4. The molecule has 6 nitrogen and oxygen atoms in total. The lowest BCUT2D eigenvalue weighted by Crippen LogP contribution is -2.25. The number of aryl methyl sites for hydroxylation is 2. The number of benzene rings is 2. The van der Waals surface area contributed by atoms with E-state index >= 15 is 0 Å². The van der Waals surface area contributed by atoms with Crippen molar-refractivity contribution in [1.29, 1.82) is 0 Å². The molecule has 0 saturated carbocycles. The van der Waals surface area contributed by atoms with Crippen LogP contribution in [0.2, 0.25) is 0 Å². The molecule has 132 valence electrons. The molecule has 1 fully saturated rings. The smallest absolute Gasteiger partial charge is 0.308 e. The van der Waals surface area contributed by atoms with E-state index in [0.29, 0.717) is 22.7 Å². The average molecular weight is 350 g/mol. The molecule has 2 aromatic carbocycles. The molecule has 6 heteroatoms. The summed E-state index contributed by atoms with van der Waals surface area (Å²) in [6, 6.07) is 11.4. The van der Waals surface area contributed by atoms with Crippen molar-refractivity contribution in [3.05, 3.63) is 47.5 Å². The van der Waals surface area contributed by atoms with Crippen LogP contribution in [0.25, 0.3) is 22.6 Å². The molecule has 0 bridgehead atoms. The SMILES string of the molecule is Cc1ccc(-c2nc3cc(N4C[C@@H](C(=O)O)CC4=O)ccc3o2)c(C)c1. The standard InChI is InChI=1S/C20H18N2O4/c1-11-3-5-15(12(2)7-11)19-21-16-9-14(4-6-17(16)26-19)22-10-13(20(24)25)8-18(22)23/h3-7,9,13H,8,10H2,1-2H3,(H,24,25)/t13-/m0/s1. The molecule has 1 aliphatic heterocycles. The zero-order chi connectivity index (χ0) is 18.4. The molecule has 0 spiro atoms. The van der Waals surface area contributed by atoms with Gasteiger partial charge in [0.25, 0.3) is 0 Å². The van der Waals surface area contributed by atoms with Gasteiger partial charge in [-0.1, -0.05) is 17.7 Å². The van der Waals surface area contributed by atoms with E-state index in [-0.39, 0.29) is 18.9 Å². The van der Waals surface area contributed by atoms with Crippen LogP contribution in [0.15, 0.2) is 40.8 Å². The third-order valence-electron chi connectivity index (χ3n) is 4.77. The molecular weight excluding hydrogens is 332 g/mol. The summed E-state index contributed by atoms with van der Waals surface area (Å²) in [5.41, 5.74) is 5.10. The lowest BCUT2D eigenvalue weighted by molar-refractivity contribution is -0.141. The fourth-order valence-electron chi connectivity index (χ4n) is 3.38. The van der Waals surface area contributed by atoms with Crippen molar-refractivity contribution in [1.82, 2.24) is 4.98 Å². The van der Waals surface area contributed by atoms with Gasteiger partial charge in [0.05, 0.1) is 5.92 Å². The maximum atomic E-state index is 12.1. The third kappa shape index (κ3) is 2.73. The van der Waals surface area contributed by atoms with Crippen LogP contribution in [0.1, 0.15) is 17.5 Å². The summed E-state index contributed by atoms with van der Waals surface area (Å²) in [6.45, 7) is 4.23. The van der Waals surface area contributed by atoms with Crippen molar-refractivity contribution in [2.24, 2.45) is 5.92 Å². The molecular formula is C20H18N2O4. The van der Waals surface area contributed by atoms with Crippen molar-refractivity contribution in [3.63, 3.8) is 0 Å².